The molecule has 0 radical (unpaired) electrons. The van der Waals surface area contributed by atoms with Crippen molar-refractivity contribution >= 4 is 10.9 Å². The van der Waals surface area contributed by atoms with Crippen molar-refractivity contribution in [1.29, 1.82) is 0 Å². The van der Waals surface area contributed by atoms with Crippen molar-refractivity contribution < 1.29 is 0 Å². The van der Waals surface area contributed by atoms with Gasteiger partial charge in [-0.1, -0.05) is 48.5 Å². The Bertz CT molecular complexity index is 763. The molecule has 118 valence electrons. The van der Waals surface area contributed by atoms with Crippen LogP contribution in [-0.2, 0) is 13.1 Å². The summed E-state index contributed by atoms with van der Waals surface area (Å²) in [7, 11) is 0. The summed E-state index contributed by atoms with van der Waals surface area (Å²) >= 11 is 0. The zero-order valence-electron chi connectivity index (χ0n) is 13.3. The van der Waals surface area contributed by atoms with Crippen molar-refractivity contribution in [3.8, 4) is 0 Å². The first kappa shape index (κ1) is 14.5. The molecule has 1 aliphatic rings. The second kappa shape index (κ2) is 6.57. The normalized spacial score (nSPS) is 18.7. The minimum atomic E-state index is 0.590. The molecule has 0 bridgehead atoms. The molecule has 2 aromatic carbocycles. The van der Waals surface area contributed by atoms with Crippen LogP contribution in [0.2, 0.25) is 0 Å². The fraction of sp³-hybridized carbons (Fsp3) is 0.300. The largest absolute Gasteiger partial charge is 0.361 e. The van der Waals surface area contributed by atoms with Gasteiger partial charge in [0.15, 0.2) is 0 Å². The van der Waals surface area contributed by atoms with Crippen LogP contribution in [0.15, 0.2) is 60.8 Å². The molecule has 4 rings (SSSR count). The lowest BCUT2D eigenvalue weighted by Crippen LogP contribution is -2.31. The highest BCUT2D eigenvalue weighted by Crippen LogP contribution is 2.19. The fourth-order valence-electron chi connectivity index (χ4n) is 3.52. The molecule has 3 nitrogen and oxygen atoms in total. The van der Waals surface area contributed by atoms with E-state index in [1.807, 2.05) is 0 Å². The maximum Gasteiger partial charge on any atom is 0.0457 e. The van der Waals surface area contributed by atoms with E-state index in [4.69, 9.17) is 0 Å². The Morgan fingerprint density at radius 2 is 1.87 bits per heavy atom. The SMILES string of the molecule is c1ccc(CN2CCC(NCc3c[nH]c4ccccc34)C2)cc1. The van der Waals surface area contributed by atoms with Crippen LogP contribution in [0.5, 0.6) is 0 Å². The monoisotopic (exact) mass is 305 g/mol. The Labute approximate surface area is 137 Å². The Balaban J connectivity index is 1.32. The van der Waals surface area contributed by atoms with Crippen LogP contribution in [-0.4, -0.2) is 29.0 Å². The molecule has 3 aromatic rings. The zero-order valence-corrected chi connectivity index (χ0v) is 13.3. The van der Waals surface area contributed by atoms with E-state index in [1.54, 1.807) is 0 Å². The molecule has 0 amide bonds. The highest BCUT2D eigenvalue weighted by molar-refractivity contribution is 5.82. The van der Waals surface area contributed by atoms with E-state index in [1.165, 1.54) is 35.0 Å². The summed E-state index contributed by atoms with van der Waals surface area (Å²) in [5.74, 6) is 0. The molecule has 1 aliphatic heterocycles. The molecule has 1 saturated heterocycles. The topological polar surface area (TPSA) is 31.1 Å². The molecule has 23 heavy (non-hydrogen) atoms. The molecule has 0 spiro atoms. The first-order chi connectivity index (χ1) is 11.4. The van der Waals surface area contributed by atoms with Gasteiger partial charge >= 0.3 is 0 Å². The standard InChI is InChI=1S/C20H23N3/c1-2-6-16(7-3-1)14-23-11-10-18(15-23)21-12-17-13-22-20-9-5-4-8-19(17)20/h1-9,13,18,21-22H,10-12,14-15H2. The number of rotatable bonds is 5. The maximum atomic E-state index is 3.73. The van der Waals surface area contributed by atoms with Crippen molar-refractivity contribution in [3.05, 3.63) is 71.9 Å². The maximum absolute atomic E-state index is 3.73. The van der Waals surface area contributed by atoms with Crippen LogP contribution in [0.1, 0.15) is 17.5 Å². The van der Waals surface area contributed by atoms with Crippen LogP contribution in [0.4, 0.5) is 0 Å². The number of likely N-dealkylation sites (tertiary alicyclic amines) is 1. The number of hydrogen-bond donors (Lipinski definition) is 2. The highest BCUT2D eigenvalue weighted by Gasteiger charge is 2.22. The van der Waals surface area contributed by atoms with Gasteiger partial charge in [0.05, 0.1) is 0 Å². The van der Waals surface area contributed by atoms with Gasteiger partial charge in [0.25, 0.3) is 0 Å². The third-order valence-electron chi connectivity index (χ3n) is 4.78. The fourth-order valence-corrected chi connectivity index (χ4v) is 3.52. The third-order valence-corrected chi connectivity index (χ3v) is 4.78. The number of aromatic amines is 1. The van der Waals surface area contributed by atoms with E-state index < -0.39 is 0 Å². The van der Waals surface area contributed by atoms with Crippen molar-refractivity contribution in [2.75, 3.05) is 13.1 Å². The van der Waals surface area contributed by atoms with E-state index in [9.17, 15) is 0 Å². The second-order valence-electron chi connectivity index (χ2n) is 6.45. The van der Waals surface area contributed by atoms with Crippen molar-refractivity contribution in [2.45, 2.75) is 25.6 Å². The minimum Gasteiger partial charge on any atom is -0.361 e. The van der Waals surface area contributed by atoms with Crippen LogP contribution >= 0.6 is 0 Å². The van der Waals surface area contributed by atoms with Gasteiger partial charge in [0, 0.05) is 49.3 Å². The molecule has 1 unspecified atom stereocenters. The molecule has 1 atom stereocenters. The van der Waals surface area contributed by atoms with Gasteiger partial charge in [0.1, 0.15) is 0 Å². The molecule has 0 saturated carbocycles. The van der Waals surface area contributed by atoms with Gasteiger partial charge in [0.2, 0.25) is 0 Å². The molecule has 2 heterocycles. The van der Waals surface area contributed by atoms with E-state index in [0.717, 1.165) is 19.6 Å². The van der Waals surface area contributed by atoms with Gasteiger partial charge in [-0.25, -0.2) is 0 Å². The lowest BCUT2D eigenvalue weighted by atomic mass is 10.1. The zero-order chi connectivity index (χ0) is 15.5. The Morgan fingerprint density at radius 3 is 2.78 bits per heavy atom. The average Bonchev–Trinajstić information content (AvgIpc) is 3.21. The predicted octanol–water partition coefficient (Wildman–Crippen LogP) is 3.53. The molecule has 0 aliphatic carbocycles. The number of para-hydroxylation sites is 1. The number of H-pyrrole nitrogens is 1. The first-order valence-corrected chi connectivity index (χ1v) is 8.43. The molecule has 2 N–H and O–H groups in total. The summed E-state index contributed by atoms with van der Waals surface area (Å²) in [6.07, 6.45) is 3.36. The smallest absolute Gasteiger partial charge is 0.0457 e. The molecule has 3 heteroatoms. The number of fused-ring (bicyclic) bond motifs is 1. The summed E-state index contributed by atoms with van der Waals surface area (Å²) in [5, 5.41) is 5.06. The molecule has 1 aromatic heterocycles. The van der Waals surface area contributed by atoms with Crippen LogP contribution < -0.4 is 5.32 Å². The van der Waals surface area contributed by atoms with Crippen molar-refractivity contribution in [3.63, 3.8) is 0 Å². The van der Waals surface area contributed by atoms with E-state index in [-0.39, 0.29) is 0 Å². The average molecular weight is 305 g/mol. The third kappa shape index (κ3) is 3.31. The Morgan fingerprint density at radius 1 is 1.04 bits per heavy atom. The van der Waals surface area contributed by atoms with Crippen LogP contribution in [0.3, 0.4) is 0 Å². The van der Waals surface area contributed by atoms with Crippen LogP contribution in [0, 0.1) is 0 Å². The summed E-state index contributed by atoms with van der Waals surface area (Å²) in [4.78, 5) is 5.90. The minimum absolute atomic E-state index is 0.590. The first-order valence-electron chi connectivity index (χ1n) is 8.43. The lowest BCUT2D eigenvalue weighted by molar-refractivity contribution is 0.320. The second-order valence-corrected chi connectivity index (χ2v) is 6.45. The van der Waals surface area contributed by atoms with Gasteiger partial charge in [-0.2, -0.15) is 0 Å². The van der Waals surface area contributed by atoms with Gasteiger partial charge in [-0.15, -0.1) is 0 Å². The Kier molecular flexibility index (Phi) is 4.14. The van der Waals surface area contributed by atoms with E-state index in [0.29, 0.717) is 6.04 Å². The predicted molar refractivity (Wildman–Crippen MR) is 95.3 cm³/mol. The van der Waals surface area contributed by atoms with Gasteiger partial charge < -0.3 is 10.3 Å². The number of aromatic nitrogens is 1. The molecule has 1 fully saturated rings. The van der Waals surface area contributed by atoms with Crippen molar-refractivity contribution in [2.24, 2.45) is 0 Å². The van der Waals surface area contributed by atoms with Crippen molar-refractivity contribution in [1.82, 2.24) is 15.2 Å². The number of benzene rings is 2. The van der Waals surface area contributed by atoms with E-state index >= 15 is 0 Å². The van der Waals surface area contributed by atoms with Gasteiger partial charge in [-0.05, 0) is 23.6 Å². The van der Waals surface area contributed by atoms with E-state index in [2.05, 4.69) is 76.0 Å². The van der Waals surface area contributed by atoms with Crippen LogP contribution in [0.25, 0.3) is 10.9 Å². The number of hydrogen-bond acceptors (Lipinski definition) is 2. The van der Waals surface area contributed by atoms with Gasteiger partial charge in [-0.3, -0.25) is 4.90 Å². The molecular formula is C20H23N3. The number of nitrogens with one attached hydrogen (secondary N) is 2. The molecular weight excluding hydrogens is 282 g/mol. The number of nitrogens with zero attached hydrogens (tertiary/aromatic N) is 1. The Hall–Kier alpha value is -2.10. The quantitative estimate of drug-likeness (QED) is 0.755. The summed E-state index contributed by atoms with van der Waals surface area (Å²) in [5.41, 5.74) is 3.99. The summed E-state index contributed by atoms with van der Waals surface area (Å²) in [6.45, 7) is 4.32. The summed E-state index contributed by atoms with van der Waals surface area (Å²) in [6, 6.07) is 19.9. The lowest BCUT2D eigenvalue weighted by Gasteiger charge is -2.16. The highest BCUT2D eigenvalue weighted by atomic mass is 15.2. The summed E-state index contributed by atoms with van der Waals surface area (Å²) < 4.78 is 0.